The minimum atomic E-state index is -0.646. The summed E-state index contributed by atoms with van der Waals surface area (Å²) >= 11 is 0. The third-order valence-electron chi connectivity index (χ3n) is 4.10. The third-order valence-corrected chi connectivity index (χ3v) is 4.10. The standard InChI is InChI=1S/C17H20FN5O/c1-11-9-16(21-12(2)20-11)23-7-4-14(5-8-23)22-17(24)13-3-6-19-15(18)10-13/h3,6,9-10,14H,4-5,7-8H2,1-2H3,(H,22,24). The third kappa shape index (κ3) is 3.84. The van der Waals surface area contributed by atoms with Gasteiger partial charge in [-0.3, -0.25) is 4.79 Å². The first-order valence-electron chi connectivity index (χ1n) is 8.01. The van der Waals surface area contributed by atoms with Crippen LogP contribution in [0.4, 0.5) is 10.2 Å². The normalized spacial score (nSPS) is 15.4. The van der Waals surface area contributed by atoms with Crippen molar-refractivity contribution in [1.82, 2.24) is 20.3 Å². The van der Waals surface area contributed by atoms with Gasteiger partial charge in [0.2, 0.25) is 5.95 Å². The minimum Gasteiger partial charge on any atom is -0.356 e. The number of piperidine rings is 1. The lowest BCUT2D eigenvalue weighted by molar-refractivity contribution is 0.0930. The summed E-state index contributed by atoms with van der Waals surface area (Å²) in [5.41, 5.74) is 1.25. The summed E-state index contributed by atoms with van der Waals surface area (Å²) < 4.78 is 13.1. The van der Waals surface area contributed by atoms with E-state index >= 15 is 0 Å². The number of halogens is 1. The number of rotatable bonds is 3. The summed E-state index contributed by atoms with van der Waals surface area (Å²) in [5, 5.41) is 2.96. The molecule has 0 saturated carbocycles. The molecule has 0 aromatic carbocycles. The highest BCUT2D eigenvalue weighted by Gasteiger charge is 2.22. The summed E-state index contributed by atoms with van der Waals surface area (Å²) in [7, 11) is 0. The molecule has 1 aliphatic heterocycles. The maximum absolute atomic E-state index is 13.1. The second-order valence-corrected chi connectivity index (χ2v) is 6.02. The van der Waals surface area contributed by atoms with E-state index in [9.17, 15) is 9.18 Å². The second kappa shape index (κ2) is 6.90. The number of nitrogens with one attached hydrogen (secondary N) is 1. The summed E-state index contributed by atoms with van der Waals surface area (Å²) in [5.74, 6) is 0.788. The molecule has 1 fully saturated rings. The Morgan fingerprint density at radius 3 is 2.67 bits per heavy atom. The molecular formula is C17H20FN5O. The van der Waals surface area contributed by atoms with Crippen LogP contribution in [0.3, 0.4) is 0 Å². The van der Waals surface area contributed by atoms with Crippen molar-refractivity contribution < 1.29 is 9.18 Å². The van der Waals surface area contributed by atoms with Crippen molar-refractivity contribution in [3.63, 3.8) is 0 Å². The van der Waals surface area contributed by atoms with E-state index in [1.165, 1.54) is 12.3 Å². The lowest BCUT2D eigenvalue weighted by Gasteiger charge is -2.33. The highest BCUT2D eigenvalue weighted by molar-refractivity contribution is 5.94. The molecule has 2 aromatic rings. The van der Waals surface area contributed by atoms with Crippen LogP contribution < -0.4 is 10.2 Å². The highest BCUT2D eigenvalue weighted by atomic mass is 19.1. The quantitative estimate of drug-likeness (QED) is 0.873. The van der Waals surface area contributed by atoms with Gasteiger partial charge in [-0.15, -0.1) is 0 Å². The van der Waals surface area contributed by atoms with Gasteiger partial charge in [0.25, 0.3) is 5.91 Å². The minimum absolute atomic E-state index is 0.0778. The van der Waals surface area contributed by atoms with E-state index in [0.717, 1.165) is 49.3 Å². The van der Waals surface area contributed by atoms with E-state index in [1.807, 2.05) is 19.9 Å². The van der Waals surface area contributed by atoms with Gasteiger partial charge >= 0.3 is 0 Å². The Balaban J connectivity index is 1.58. The van der Waals surface area contributed by atoms with Crippen LogP contribution in [-0.4, -0.2) is 40.0 Å². The number of carbonyl (C=O) groups excluding carboxylic acids is 1. The topological polar surface area (TPSA) is 71.0 Å². The lowest BCUT2D eigenvalue weighted by atomic mass is 10.0. The molecule has 6 nitrogen and oxygen atoms in total. The molecule has 0 spiro atoms. The van der Waals surface area contributed by atoms with Crippen molar-refractivity contribution in [3.05, 3.63) is 47.4 Å². The van der Waals surface area contributed by atoms with E-state index in [4.69, 9.17) is 0 Å². The number of aromatic nitrogens is 3. The van der Waals surface area contributed by atoms with Gasteiger partial charge < -0.3 is 10.2 Å². The lowest BCUT2D eigenvalue weighted by Crippen LogP contribution is -2.45. The Hall–Kier alpha value is -2.57. The predicted molar refractivity (Wildman–Crippen MR) is 88.4 cm³/mol. The number of hydrogen-bond acceptors (Lipinski definition) is 5. The van der Waals surface area contributed by atoms with Crippen LogP contribution in [0, 0.1) is 19.8 Å². The first-order chi connectivity index (χ1) is 11.5. The molecule has 0 bridgehead atoms. The molecule has 24 heavy (non-hydrogen) atoms. The van der Waals surface area contributed by atoms with Gasteiger partial charge in [0.1, 0.15) is 11.6 Å². The maximum atomic E-state index is 13.1. The molecule has 0 radical (unpaired) electrons. The molecule has 3 heterocycles. The number of hydrogen-bond donors (Lipinski definition) is 1. The average Bonchev–Trinajstić information content (AvgIpc) is 2.54. The first kappa shape index (κ1) is 16.3. The van der Waals surface area contributed by atoms with Gasteiger partial charge in [0.05, 0.1) is 0 Å². The molecule has 1 saturated heterocycles. The Bertz CT molecular complexity index is 723. The Labute approximate surface area is 140 Å². The van der Waals surface area contributed by atoms with Crippen LogP contribution in [0.1, 0.15) is 34.7 Å². The van der Waals surface area contributed by atoms with Gasteiger partial charge in [0, 0.05) is 48.7 Å². The monoisotopic (exact) mass is 329 g/mol. The van der Waals surface area contributed by atoms with Gasteiger partial charge in [-0.05, 0) is 32.8 Å². The second-order valence-electron chi connectivity index (χ2n) is 6.02. The first-order valence-corrected chi connectivity index (χ1v) is 8.01. The van der Waals surface area contributed by atoms with Crippen molar-refractivity contribution >= 4 is 11.7 Å². The Kier molecular flexibility index (Phi) is 4.69. The van der Waals surface area contributed by atoms with Crippen LogP contribution in [-0.2, 0) is 0 Å². The zero-order valence-corrected chi connectivity index (χ0v) is 13.8. The summed E-state index contributed by atoms with van der Waals surface area (Å²) in [4.78, 5) is 26.6. The molecule has 126 valence electrons. The van der Waals surface area contributed by atoms with Gasteiger partial charge in [0.15, 0.2) is 0 Å². The fourth-order valence-electron chi connectivity index (χ4n) is 2.92. The van der Waals surface area contributed by atoms with E-state index in [2.05, 4.69) is 25.2 Å². The average molecular weight is 329 g/mol. The molecule has 1 N–H and O–H groups in total. The number of pyridine rings is 1. The van der Waals surface area contributed by atoms with E-state index in [-0.39, 0.29) is 11.9 Å². The SMILES string of the molecule is Cc1cc(N2CCC(NC(=O)c3ccnc(F)c3)CC2)nc(C)n1. The van der Waals surface area contributed by atoms with Crippen LogP contribution in [0.25, 0.3) is 0 Å². The van der Waals surface area contributed by atoms with Gasteiger partial charge in [-0.2, -0.15) is 4.39 Å². The smallest absolute Gasteiger partial charge is 0.251 e. The molecule has 0 atom stereocenters. The highest BCUT2D eigenvalue weighted by Crippen LogP contribution is 2.19. The van der Waals surface area contributed by atoms with Gasteiger partial charge in [-0.1, -0.05) is 0 Å². The Morgan fingerprint density at radius 2 is 2.00 bits per heavy atom. The maximum Gasteiger partial charge on any atom is 0.251 e. The number of amides is 1. The van der Waals surface area contributed by atoms with Crippen LogP contribution in [0.2, 0.25) is 0 Å². The number of anilines is 1. The zero-order chi connectivity index (χ0) is 17.1. The number of nitrogens with zero attached hydrogens (tertiary/aromatic N) is 4. The van der Waals surface area contributed by atoms with E-state index < -0.39 is 5.95 Å². The fourth-order valence-corrected chi connectivity index (χ4v) is 2.92. The van der Waals surface area contributed by atoms with E-state index in [0.29, 0.717) is 5.56 Å². The van der Waals surface area contributed by atoms with Crippen LogP contribution >= 0.6 is 0 Å². The zero-order valence-electron chi connectivity index (χ0n) is 13.8. The van der Waals surface area contributed by atoms with Crippen molar-refractivity contribution in [3.8, 4) is 0 Å². The van der Waals surface area contributed by atoms with Crippen LogP contribution in [0.5, 0.6) is 0 Å². The molecular weight excluding hydrogens is 309 g/mol. The van der Waals surface area contributed by atoms with E-state index in [1.54, 1.807) is 0 Å². The molecule has 0 aliphatic carbocycles. The molecule has 1 amide bonds. The molecule has 1 aliphatic rings. The Morgan fingerprint density at radius 1 is 1.25 bits per heavy atom. The molecule has 0 unspecified atom stereocenters. The summed E-state index contributed by atoms with van der Waals surface area (Å²) in [6.45, 7) is 5.47. The predicted octanol–water partition coefficient (Wildman–Crippen LogP) is 2.03. The number of aryl methyl sites for hydroxylation is 2. The molecule has 3 rings (SSSR count). The summed E-state index contributed by atoms with van der Waals surface area (Å²) in [6.07, 6.45) is 2.94. The van der Waals surface area contributed by atoms with Crippen LogP contribution in [0.15, 0.2) is 24.4 Å². The van der Waals surface area contributed by atoms with Crippen molar-refractivity contribution in [2.75, 3.05) is 18.0 Å². The van der Waals surface area contributed by atoms with Crippen molar-refractivity contribution in [1.29, 1.82) is 0 Å². The van der Waals surface area contributed by atoms with Crippen molar-refractivity contribution in [2.24, 2.45) is 0 Å². The van der Waals surface area contributed by atoms with Gasteiger partial charge in [-0.25, -0.2) is 15.0 Å². The number of carbonyl (C=O) groups is 1. The molecule has 7 heteroatoms. The largest absolute Gasteiger partial charge is 0.356 e. The molecule has 2 aromatic heterocycles. The van der Waals surface area contributed by atoms with Crippen molar-refractivity contribution in [2.45, 2.75) is 32.7 Å². The summed E-state index contributed by atoms with van der Waals surface area (Å²) in [6, 6.07) is 4.72. The fraction of sp³-hybridized carbons (Fsp3) is 0.412.